The predicted molar refractivity (Wildman–Crippen MR) is 108 cm³/mol. The highest BCUT2D eigenvalue weighted by molar-refractivity contribution is 7.18. The van der Waals surface area contributed by atoms with Crippen molar-refractivity contribution in [2.45, 2.75) is 6.92 Å². The molecule has 0 unspecified atom stereocenters. The highest BCUT2D eigenvalue weighted by atomic mass is 32.1. The van der Waals surface area contributed by atoms with E-state index in [1.54, 1.807) is 29.1 Å². The van der Waals surface area contributed by atoms with Gasteiger partial charge in [-0.25, -0.2) is 4.98 Å². The Morgan fingerprint density at radius 1 is 1.12 bits per heavy atom. The van der Waals surface area contributed by atoms with Gasteiger partial charge in [0.2, 0.25) is 5.95 Å². The quantitative estimate of drug-likeness (QED) is 0.592. The third-order valence-corrected chi connectivity index (χ3v) is 5.38. The summed E-state index contributed by atoms with van der Waals surface area (Å²) in [6.45, 7) is 2.71. The molecule has 0 aliphatic carbocycles. The molecule has 0 fully saturated rings. The lowest BCUT2D eigenvalue weighted by Crippen LogP contribution is -2.20. The number of hydrogen-bond donors (Lipinski definition) is 1. The van der Waals surface area contributed by atoms with E-state index in [9.17, 15) is 4.79 Å². The van der Waals surface area contributed by atoms with Crippen molar-refractivity contribution in [2.24, 2.45) is 7.05 Å². The van der Waals surface area contributed by atoms with Gasteiger partial charge in [0.05, 0.1) is 5.56 Å². The lowest BCUT2D eigenvalue weighted by Gasteiger charge is -2.08. The van der Waals surface area contributed by atoms with Crippen molar-refractivity contribution < 1.29 is 0 Å². The normalized spacial score (nSPS) is 11.0. The summed E-state index contributed by atoms with van der Waals surface area (Å²) in [5.41, 5.74) is 2.40. The monoisotopic (exact) mass is 362 g/mol. The van der Waals surface area contributed by atoms with Crippen LogP contribution in [0.5, 0.6) is 0 Å². The average molecular weight is 362 g/mol. The molecule has 3 heterocycles. The van der Waals surface area contributed by atoms with Crippen molar-refractivity contribution >= 4 is 28.3 Å². The molecule has 0 amide bonds. The Morgan fingerprint density at radius 3 is 2.65 bits per heavy atom. The van der Waals surface area contributed by atoms with E-state index in [0.717, 1.165) is 27.2 Å². The standard InChI is InChI=1S/C20H18N4OS/c1-3-21-20-22-12-14-11-15(19(25)24(2)18(14)23-20)17-10-9-16(26-17)13-7-5-4-6-8-13/h4-12H,3H2,1-2H3,(H,21,22,23). The zero-order valence-corrected chi connectivity index (χ0v) is 15.4. The molecule has 4 aromatic rings. The number of nitrogens with one attached hydrogen (secondary N) is 1. The topological polar surface area (TPSA) is 59.8 Å². The van der Waals surface area contributed by atoms with Gasteiger partial charge in [-0.15, -0.1) is 11.3 Å². The number of thiophene rings is 1. The van der Waals surface area contributed by atoms with Crippen molar-refractivity contribution in [1.29, 1.82) is 0 Å². The molecule has 6 heteroatoms. The maximum atomic E-state index is 12.9. The molecule has 0 bridgehead atoms. The molecule has 5 nitrogen and oxygen atoms in total. The maximum Gasteiger partial charge on any atom is 0.260 e. The van der Waals surface area contributed by atoms with Crippen molar-refractivity contribution in [1.82, 2.24) is 14.5 Å². The fourth-order valence-electron chi connectivity index (χ4n) is 2.91. The summed E-state index contributed by atoms with van der Waals surface area (Å²) in [5, 5.41) is 3.92. The number of aryl methyl sites for hydroxylation is 1. The third kappa shape index (κ3) is 2.88. The fraction of sp³-hybridized carbons (Fsp3) is 0.150. The van der Waals surface area contributed by atoms with Crippen LogP contribution in [0.2, 0.25) is 0 Å². The Labute approximate surface area is 155 Å². The van der Waals surface area contributed by atoms with E-state index in [0.29, 0.717) is 17.2 Å². The molecule has 0 radical (unpaired) electrons. The van der Waals surface area contributed by atoms with E-state index in [-0.39, 0.29) is 5.56 Å². The summed E-state index contributed by atoms with van der Waals surface area (Å²) >= 11 is 1.62. The lowest BCUT2D eigenvalue weighted by atomic mass is 10.1. The molecule has 1 N–H and O–H groups in total. The van der Waals surface area contributed by atoms with E-state index < -0.39 is 0 Å². The fourth-order valence-corrected chi connectivity index (χ4v) is 3.93. The summed E-state index contributed by atoms with van der Waals surface area (Å²) in [6, 6.07) is 16.1. The number of anilines is 1. The van der Waals surface area contributed by atoms with Crippen molar-refractivity contribution in [3.05, 3.63) is 65.1 Å². The van der Waals surface area contributed by atoms with Gasteiger partial charge in [0, 0.05) is 34.9 Å². The van der Waals surface area contributed by atoms with Crippen LogP contribution >= 0.6 is 11.3 Å². The zero-order chi connectivity index (χ0) is 18.1. The average Bonchev–Trinajstić information content (AvgIpc) is 3.16. The number of benzene rings is 1. The minimum absolute atomic E-state index is 0.0555. The second kappa shape index (κ2) is 6.72. The molecular formula is C20H18N4OS. The Morgan fingerprint density at radius 2 is 1.88 bits per heavy atom. The molecule has 0 aliphatic rings. The molecule has 1 aromatic carbocycles. The van der Waals surface area contributed by atoms with Gasteiger partial charge in [-0.2, -0.15) is 4.98 Å². The first-order valence-electron chi connectivity index (χ1n) is 8.43. The van der Waals surface area contributed by atoms with Gasteiger partial charge < -0.3 is 5.32 Å². The van der Waals surface area contributed by atoms with E-state index >= 15 is 0 Å². The Bertz CT molecular complexity index is 1130. The predicted octanol–water partition coefficient (Wildman–Crippen LogP) is 4.16. The first-order valence-corrected chi connectivity index (χ1v) is 9.25. The highest BCUT2D eigenvalue weighted by Crippen LogP contribution is 2.33. The van der Waals surface area contributed by atoms with Crippen LogP contribution in [-0.2, 0) is 7.05 Å². The minimum Gasteiger partial charge on any atom is -0.354 e. The molecule has 3 aromatic heterocycles. The SMILES string of the molecule is CCNc1ncc2cc(-c3ccc(-c4ccccc4)s3)c(=O)n(C)c2n1. The van der Waals surface area contributed by atoms with E-state index in [4.69, 9.17) is 0 Å². The number of nitrogens with zero attached hydrogens (tertiary/aromatic N) is 3. The molecule has 0 atom stereocenters. The van der Waals surface area contributed by atoms with Gasteiger partial charge in [-0.3, -0.25) is 9.36 Å². The van der Waals surface area contributed by atoms with Gasteiger partial charge in [-0.1, -0.05) is 30.3 Å². The molecule has 26 heavy (non-hydrogen) atoms. The van der Waals surface area contributed by atoms with Crippen molar-refractivity contribution in [3.8, 4) is 20.9 Å². The summed E-state index contributed by atoms with van der Waals surface area (Å²) < 4.78 is 1.59. The van der Waals surface area contributed by atoms with Crippen molar-refractivity contribution in [2.75, 3.05) is 11.9 Å². The molecule has 4 rings (SSSR count). The Balaban J connectivity index is 1.82. The van der Waals surface area contributed by atoms with Gasteiger partial charge in [0.25, 0.3) is 5.56 Å². The van der Waals surface area contributed by atoms with Crippen molar-refractivity contribution in [3.63, 3.8) is 0 Å². The van der Waals surface area contributed by atoms with Crippen LogP contribution in [0.25, 0.3) is 31.9 Å². The van der Waals surface area contributed by atoms with Crippen LogP contribution in [0.3, 0.4) is 0 Å². The van der Waals surface area contributed by atoms with E-state index in [2.05, 4.69) is 33.5 Å². The highest BCUT2D eigenvalue weighted by Gasteiger charge is 2.13. The Kier molecular flexibility index (Phi) is 4.26. The summed E-state index contributed by atoms with van der Waals surface area (Å²) in [5.74, 6) is 0.533. The van der Waals surface area contributed by atoms with Gasteiger partial charge in [0.15, 0.2) is 0 Å². The van der Waals surface area contributed by atoms with Crippen LogP contribution in [0, 0.1) is 0 Å². The summed E-state index contributed by atoms with van der Waals surface area (Å²) in [6.07, 6.45) is 1.76. The van der Waals surface area contributed by atoms with Crippen LogP contribution in [0.1, 0.15) is 6.92 Å². The van der Waals surface area contributed by atoms with Crippen LogP contribution in [0.4, 0.5) is 5.95 Å². The van der Waals surface area contributed by atoms with Gasteiger partial charge >= 0.3 is 0 Å². The van der Waals surface area contributed by atoms with Gasteiger partial charge in [-0.05, 0) is 30.7 Å². The second-order valence-electron chi connectivity index (χ2n) is 5.95. The van der Waals surface area contributed by atoms with Crippen LogP contribution in [-0.4, -0.2) is 21.1 Å². The van der Waals surface area contributed by atoms with Gasteiger partial charge in [0.1, 0.15) is 5.65 Å². The lowest BCUT2D eigenvalue weighted by molar-refractivity contribution is 0.886. The van der Waals surface area contributed by atoms with Crippen LogP contribution in [0.15, 0.2) is 59.5 Å². The first-order chi connectivity index (χ1) is 12.7. The number of rotatable bonds is 4. The second-order valence-corrected chi connectivity index (χ2v) is 7.04. The largest absolute Gasteiger partial charge is 0.354 e. The van der Waals surface area contributed by atoms with E-state index in [1.807, 2.05) is 37.3 Å². The molecule has 0 aliphatic heterocycles. The molecule has 130 valence electrons. The first kappa shape index (κ1) is 16.5. The number of fused-ring (bicyclic) bond motifs is 1. The molecular weight excluding hydrogens is 344 g/mol. The number of hydrogen-bond acceptors (Lipinski definition) is 5. The number of pyridine rings is 1. The molecule has 0 saturated heterocycles. The smallest absolute Gasteiger partial charge is 0.260 e. The maximum absolute atomic E-state index is 12.9. The third-order valence-electron chi connectivity index (χ3n) is 4.21. The Hall–Kier alpha value is -2.99. The summed E-state index contributed by atoms with van der Waals surface area (Å²) in [7, 11) is 1.75. The molecule has 0 saturated carbocycles. The van der Waals surface area contributed by atoms with Crippen LogP contribution < -0.4 is 10.9 Å². The number of aromatic nitrogens is 3. The van der Waals surface area contributed by atoms with E-state index in [1.165, 1.54) is 0 Å². The zero-order valence-electron chi connectivity index (χ0n) is 14.6. The molecule has 0 spiro atoms. The summed E-state index contributed by atoms with van der Waals surface area (Å²) in [4.78, 5) is 23.8. The minimum atomic E-state index is -0.0555.